The molecule has 0 radical (unpaired) electrons. The first-order valence-electron chi connectivity index (χ1n) is 5.51. The van der Waals surface area contributed by atoms with E-state index in [9.17, 15) is 0 Å². The van der Waals surface area contributed by atoms with Crippen LogP contribution in [0.25, 0.3) is 0 Å². The molecule has 1 atom stereocenters. The summed E-state index contributed by atoms with van der Waals surface area (Å²) >= 11 is 1.66. The molecule has 1 saturated carbocycles. The predicted octanol–water partition coefficient (Wildman–Crippen LogP) is 3.23. The summed E-state index contributed by atoms with van der Waals surface area (Å²) in [4.78, 5) is 4.35. The van der Waals surface area contributed by atoms with Crippen LogP contribution in [0.4, 0.5) is 0 Å². The van der Waals surface area contributed by atoms with E-state index in [4.69, 9.17) is 0 Å². The van der Waals surface area contributed by atoms with Crippen LogP contribution in [-0.4, -0.2) is 11.0 Å². The second kappa shape index (κ2) is 3.29. The SMILES string of the molecule is CC(NC1C(C)(C)C1(C)C)c1cscn1. The topological polar surface area (TPSA) is 24.9 Å². The Labute approximate surface area is 96.1 Å². The quantitative estimate of drug-likeness (QED) is 0.852. The number of aromatic nitrogens is 1. The van der Waals surface area contributed by atoms with E-state index in [1.165, 1.54) is 5.69 Å². The highest BCUT2D eigenvalue weighted by Crippen LogP contribution is 2.63. The molecule has 0 saturated heterocycles. The van der Waals surface area contributed by atoms with Gasteiger partial charge in [-0.05, 0) is 17.8 Å². The molecule has 0 amide bonds. The summed E-state index contributed by atoms with van der Waals surface area (Å²) in [6.07, 6.45) is 0. The van der Waals surface area contributed by atoms with Gasteiger partial charge >= 0.3 is 0 Å². The summed E-state index contributed by atoms with van der Waals surface area (Å²) in [5, 5.41) is 5.81. The van der Waals surface area contributed by atoms with Crippen molar-refractivity contribution in [1.29, 1.82) is 0 Å². The Morgan fingerprint density at radius 2 is 1.93 bits per heavy atom. The molecule has 15 heavy (non-hydrogen) atoms. The Morgan fingerprint density at radius 1 is 1.33 bits per heavy atom. The lowest BCUT2D eigenvalue weighted by molar-refractivity contribution is 0.457. The van der Waals surface area contributed by atoms with E-state index in [1.807, 2.05) is 5.51 Å². The van der Waals surface area contributed by atoms with Crippen molar-refractivity contribution in [1.82, 2.24) is 10.3 Å². The van der Waals surface area contributed by atoms with Crippen LogP contribution in [0.5, 0.6) is 0 Å². The summed E-state index contributed by atoms with van der Waals surface area (Å²) in [6.45, 7) is 11.5. The molecule has 1 aliphatic carbocycles. The molecule has 1 heterocycles. The van der Waals surface area contributed by atoms with Gasteiger partial charge in [0.15, 0.2) is 0 Å². The minimum Gasteiger partial charge on any atom is -0.305 e. The first kappa shape index (κ1) is 11.1. The average Bonchev–Trinajstić information content (AvgIpc) is 2.65. The van der Waals surface area contributed by atoms with Gasteiger partial charge in [-0.1, -0.05) is 27.7 Å². The Morgan fingerprint density at radius 3 is 2.33 bits per heavy atom. The number of nitrogens with one attached hydrogen (secondary N) is 1. The van der Waals surface area contributed by atoms with E-state index in [-0.39, 0.29) is 0 Å². The largest absolute Gasteiger partial charge is 0.305 e. The second-order valence-corrected chi connectivity index (χ2v) is 6.40. The molecule has 0 aromatic carbocycles. The number of hydrogen-bond donors (Lipinski definition) is 1. The fraction of sp³-hybridized carbons (Fsp3) is 0.750. The molecule has 1 aromatic rings. The maximum absolute atomic E-state index is 4.35. The highest BCUT2D eigenvalue weighted by Gasteiger charge is 2.64. The molecule has 1 unspecified atom stereocenters. The minimum atomic E-state index is 0.363. The number of rotatable bonds is 3. The maximum Gasteiger partial charge on any atom is 0.0795 e. The monoisotopic (exact) mass is 224 g/mol. The molecule has 1 N–H and O–H groups in total. The van der Waals surface area contributed by atoms with Gasteiger partial charge in [-0.3, -0.25) is 0 Å². The highest BCUT2D eigenvalue weighted by atomic mass is 32.1. The van der Waals surface area contributed by atoms with Crippen LogP contribution in [0, 0.1) is 10.8 Å². The van der Waals surface area contributed by atoms with Crippen molar-refractivity contribution in [2.75, 3.05) is 0 Å². The van der Waals surface area contributed by atoms with Crippen molar-refractivity contribution in [3.8, 4) is 0 Å². The standard InChI is InChI=1S/C12H20N2S/c1-8(9-6-15-7-13-9)14-10-11(2,3)12(10,4)5/h6-8,10,14H,1-5H3. The Balaban J connectivity index is 2.01. The molecule has 1 aromatic heterocycles. The van der Waals surface area contributed by atoms with E-state index in [0.717, 1.165) is 0 Å². The molecule has 2 rings (SSSR count). The van der Waals surface area contributed by atoms with Gasteiger partial charge in [0.25, 0.3) is 0 Å². The third-order valence-corrected chi connectivity index (χ3v) is 4.94. The van der Waals surface area contributed by atoms with Crippen molar-refractivity contribution in [2.45, 2.75) is 46.7 Å². The van der Waals surface area contributed by atoms with Gasteiger partial charge in [0.2, 0.25) is 0 Å². The Kier molecular flexibility index (Phi) is 2.43. The zero-order valence-corrected chi connectivity index (χ0v) is 11.0. The van der Waals surface area contributed by atoms with E-state index < -0.39 is 0 Å². The molecule has 0 spiro atoms. The minimum absolute atomic E-state index is 0.363. The number of hydrogen-bond acceptors (Lipinski definition) is 3. The van der Waals surface area contributed by atoms with Gasteiger partial charge in [0.1, 0.15) is 0 Å². The smallest absolute Gasteiger partial charge is 0.0795 e. The van der Waals surface area contributed by atoms with Crippen molar-refractivity contribution in [2.24, 2.45) is 10.8 Å². The van der Waals surface area contributed by atoms with E-state index in [0.29, 0.717) is 22.9 Å². The molecule has 84 valence electrons. The lowest BCUT2D eigenvalue weighted by atomic mass is 10.0. The predicted molar refractivity (Wildman–Crippen MR) is 65.0 cm³/mol. The van der Waals surface area contributed by atoms with Crippen molar-refractivity contribution in [3.05, 3.63) is 16.6 Å². The molecule has 2 nitrogen and oxygen atoms in total. The van der Waals surface area contributed by atoms with Gasteiger partial charge < -0.3 is 5.32 Å². The van der Waals surface area contributed by atoms with Gasteiger partial charge in [-0.2, -0.15) is 0 Å². The second-order valence-electron chi connectivity index (χ2n) is 5.68. The van der Waals surface area contributed by atoms with Gasteiger partial charge in [-0.25, -0.2) is 4.98 Å². The first-order valence-corrected chi connectivity index (χ1v) is 6.46. The molecule has 1 fully saturated rings. The lowest BCUT2D eigenvalue weighted by Crippen LogP contribution is -2.25. The van der Waals surface area contributed by atoms with Crippen molar-refractivity contribution >= 4 is 11.3 Å². The number of nitrogens with zero attached hydrogens (tertiary/aromatic N) is 1. The fourth-order valence-electron chi connectivity index (χ4n) is 2.38. The molecule has 0 aliphatic heterocycles. The van der Waals surface area contributed by atoms with E-state index in [1.54, 1.807) is 11.3 Å². The third kappa shape index (κ3) is 1.62. The van der Waals surface area contributed by atoms with Crippen LogP contribution in [0.15, 0.2) is 10.9 Å². The van der Waals surface area contributed by atoms with Gasteiger partial charge in [0, 0.05) is 17.5 Å². The summed E-state index contributed by atoms with van der Waals surface area (Å²) < 4.78 is 0. The molecule has 3 heteroatoms. The Hall–Kier alpha value is -0.410. The summed E-state index contributed by atoms with van der Waals surface area (Å²) in [5.41, 5.74) is 3.86. The van der Waals surface area contributed by atoms with Crippen LogP contribution >= 0.6 is 11.3 Å². The van der Waals surface area contributed by atoms with Crippen LogP contribution in [-0.2, 0) is 0 Å². The normalized spacial score (nSPS) is 25.1. The molecule has 0 bridgehead atoms. The molecular weight excluding hydrogens is 204 g/mol. The van der Waals surface area contributed by atoms with Crippen molar-refractivity contribution in [3.63, 3.8) is 0 Å². The first-order chi connectivity index (χ1) is 6.87. The summed E-state index contributed by atoms with van der Waals surface area (Å²) in [5.74, 6) is 0. The lowest BCUT2D eigenvalue weighted by Gasteiger charge is -2.13. The highest BCUT2D eigenvalue weighted by molar-refractivity contribution is 7.07. The summed E-state index contributed by atoms with van der Waals surface area (Å²) in [6, 6.07) is 0.962. The van der Waals surface area contributed by atoms with Crippen LogP contribution in [0.2, 0.25) is 0 Å². The third-order valence-electron chi connectivity index (χ3n) is 4.33. The van der Waals surface area contributed by atoms with Gasteiger partial charge in [-0.15, -0.1) is 11.3 Å². The van der Waals surface area contributed by atoms with E-state index in [2.05, 4.69) is 50.3 Å². The van der Waals surface area contributed by atoms with Crippen LogP contribution < -0.4 is 5.32 Å². The van der Waals surface area contributed by atoms with E-state index >= 15 is 0 Å². The molecular formula is C12H20N2S. The van der Waals surface area contributed by atoms with Crippen LogP contribution in [0.3, 0.4) is 0 Å². The summed E-state index contributed by atoms with van der Waals surface area (Å²) in [7, 11) is 0. The zero-order valence-electron chi connectivity index (χ0n) is 10.2. The van der Waals surface area contributed by atoms with Crippen LogP contribution in [0.1, 0.15) is 46.4 Å². The maximum atomic E-state index is 4.35. The van der Waals surface area contributed by atoms with Crippen molar-refractivity contribution < 1.29 is 0 Å². The fourth-order valence-corrected chi connectivity index (χ4v) is 3.03. The average molecular weight is 224 g/mol. The molecule has 1 aliphatic rings. The number of thiazole rings is 1. The van der Waals surface area contributed by atoms with Gasteiger partial charge in [0.05, 0.1) is 11.2 Å². The zero-order chi connectivity index (χ0) is 11.3. The Bertz CT molecular complexity index is 327.